The number of ether oxygens (including phenoxy) is 1. The van der Waals surface area contributed by atoms with Crippen LogP contribution in [-0.4, -0.2) is 17.0 Å². The third-order valence-corrected chi connectivity index (χ3v) is 1.52. The summed E-state index contributed by atoms with van der Waals surface area (Å²) in [6, 6.07) is 5.75. The summed E-state index contributed by atoms with van der Waals surface area (Å²) < 4.78 is 5.00. The summed E-state index contributed by atoms with van der Waals surface area (Å²) in [5, 5.41) is 8.60. The first-order chi connectivity index (χ1) is 6.63. The summed E-state index contributed by atoms with van der Waals surface area (Å²) >= 11 is 0. The summed E-state index contributed by atoms with van der Waals surface area (Å²) in [5.41, 5.74) is 0.171. The van der Waals surface area contributed by atoms with Crippen molar-refractivity contribution in [2.24, 2.45) is 0 Å². The molecule has 1 N–H and O–H groups in total. The van der Waals surface area contributed by atoms with E-state index in [9.17, 15) is 9.59 Å². The zero-order chi connectivity index (χ0) is 10.6. The van der Waals surface area contributed by atoms with E-state index >= 15 is 0 Å². The highest BCUT2D eigenvalue weighted by atomic mass is 16.5. The number of hydrogen-bond donors (Lipinski definition) is 1. The summed E-state index contributed by atoms with van der Waals surface area (Å²) in [4.78, 5) is 20.6. The molecule has 1 aromatic rings. The first-order valence-electron chi connectivity index (χ1n) is 3.86. The lowest BCUT2D eigenvalue weighted by atomic mass is 10.2. The van der Waals surface area contributed by atoms with Crippen molar-refractivity contribution in [2.75, 3.05) is 0 Å². The highest BCUT2D eigenvalue weighted by Crippen LogP contribution is 2.13. The second kappa shape index (κ2) is 4.25. The van der Waals surface area contributed by atoms with Crippen LogP contribution in [0, 0.1) is 0 Å². The fraction of sp³-hybridized carbons (Fsp3) is 0.100. The molecule has 0 bridgehead atoms. The Morgan fingerprint density at radius 3 is 2.36 bits per heavy atom. The number of carbonyl (C=O) groups is 1. The van der Waals surface area contributed by atoms with Crippen LogP contribution in [0.2, 0.25) is 0 Å². The van der Waals surface area contributed by atoms with Gasteiger partial charge in [-0.05, 0) is 24.3 Å². The molecule has 0 saturated heterocycles. The standard InChI is InChI=1S/C10H8O4/c1-7(6-11)14-9-4-2-8(3-5-9)10(12)13/h2-5H,1H3,(H,12,13). The lowest BCUT2D eigenvalue weighted by Gasteiger charge is -2.02. The molecule has 0 spiro atoms. The van der Waals surface area contributed by atoms with E-state index in [1.54, 1.807) is 5.94 Å². The number of aromatic carboxylic acids is 1. The molecule has 0 radical (unpaired) electrons. The van der Waals surface area contributed by atoms with Gasteiger partial charge in [-0.2, -0.15) is 0 Å². The molecule has 0 saturated carbocycles. The Balaban J connectivity index is 2.84. The predicted molar refractivity (Wildman–Crippen MR) is 48.9 cm³/mol. The van der Waals surface area contributed by atoms with Crippen molar-refractivity contribution in [1.29, 1.82) is 0 Å². The Morgan fingerprint density at radius 2 is 1.93 bits per heavy atom. The molecular weight excluding hydrogens is 184 g/mol. The Labute approximate surface area is 80.4 Å². The van der Waals surface area contributed by atoms with Crippen LogP contribution in [0.5, 0.6) is 5.75 Å². The molecule has 4 nitrogen and oxygen atoms in total. The quantitative estimate of drug-likeness (QED) is 0.582. The van der Waals surface area contributed by atoms with E-state index in [0.29, 0.717) is 5.75 Å². The average Bonchev–Trinajstić information content (AvgIpc) is 2.18. The molecular formula is C10H8O4. The van der Waals surface area contributed by atoms with Crippen LogP contribution in [0.1, 0.15) is 17.3 Å². The molecule has 0 aliphatic rings. The average molecular weight is 192 g/mol. The monoisotopic (exact) mass is 192 g/mol. The summed E-state index contributed by atoms with van der Waals surface area (Å²) in [5.74, 6) is 1.10. The number of hydrogen-bond acceptors (Lipinski definition) is 3. The van der Waals surface area contributed by atoms with Gasteiger partial charge in [0.15, 0.2) is 11.7 Å². The number of carbonyl (C=O) groups excluding carboxylic acids is 1. The van der Waals surface area contributed by atoms with Gasteiger partial charge in [-0.25, -0.2) is 9.59 Å². The minimum absolute atomic E-state index is 0.105. The Hall–Kier alpha value is -2.06. The molecule has 1 aromatic carbocycles. The van der Waals surface area contributed by atoms with Crippen LogP contribution >= 0.6 is 0 Å². The number of carboxylic acid groups (broad SMARTS) is 1. The smallest absolute Gasteiger partial charge is 0.335 e. The van der Waals surface area contributed by atoms with E-state index in [1.807, 2.05) is 0 Å². The molecule has 0 aliphatic heterocycles. The number of allylic oxidation sites excluding steroid dienone is 1. The van der Waals surface area contributed by atoms with Crippen molar-refractivity contribution in [2.45, 2.75) is 6.92 Å². The Bertz CT molecular complexity index is 385. The zero-order valence-corrected chi connectivity index (χ0v) is 7.48. The molecule has 0 unspecified atom stereocenters. The van der Waals surface area contributed by atoms with E-state index < -0.39 is 5.97 Å². The fourth-order valence-corrected chi connectivity index (χ4v) is 0.863. The van der Waals surface area contributed by atoms with Crippen molar-refractivity contribution in [3.8, 4) is 5.75 Å². The SMILES string of the molecule is CC(=C=O)Oc1ccc(C(=O)O)cc1. The molecule has 14 heavy (non-hydrogen) atoms. The van der Waals surface area contributed by atoms with E-state index in [2.05, 4.69) is 0 Å². The second-order valence-corrected chi connectivity index (χ2v) is 2.59. The fourth-order valence-electron chi connectivity index (χ4n) is 0.863. The predicted octanol–water partition coefficient (Wildman–Crippen LogP) is 1.50. The van der Waals surface area contributed by atoms with Crippen LogP contribution < -0.4 is 4.74 Å². The van der Waals surface area contributed by atoms with Crippen LogP contribution in [0.4, 0.5) is 0 Å². The molecule has 0 aromatic heterocycles. The second-order valence-electron chi connectivity index (χ2n) is 2.59. The van der Waals surface area contributed by atoms with Gasteiger partial charge in [0.2, 0.25) is 0 Å². The van der Waals surface area contributed by atoms with Gasteiger partial charge in [0.25, 0.3) is 0 Å². The summed E-state index contributed by atoms with van der Waals surface area (Å²) in [6.07, 6.45) is 0. The third-order valence-electron chi connectivity index (χ3n) is 1.52. The van der Waals surface area contributed by atoms with Gasteiger partial charge in [-0.3, -0.25) is 0 Å². The number of benzene rings is 1. The zero-order valence-electron chi connectivity index (χ0n) is 7.48. The maximum atomic E-state index is 10.5. The van der Waals surface area contributed by atoms with E-state index in [4.69, 9.17) is 9.84 Å². The third kappa shape index (κ3) is 2.47. The maximum absolute atomic E-state index is 10.5. The normalized spacial score (nSPS) is 8.93. The number of carboxylic acids is 1. The lowest BCUT2D eigenvalue weighted by molar-refractivity contribution is 0.0697. The molecule has 0 atom stereocenters. The Morgan fingerprint density at radius 1 is 1.36 bits per heavy atom. The summed E-state index contributed by atoms with van der Waals surface area (Å²) in [7, 11) is 0. The highest BCUT2D eigenvalue weighted by Gasteiger charge is 2.02. The molecule has 4 heteroatoms. The topological polar surface area (TPSA) is 63.6 Å². The molecule has 0 heterocycles. The summed E-state index contributed by atoms with van der Waals surface area (Å²) in [6.45, 7) is 1.47. The van der Waals surface area contributed by atoms with Crippen LogP contribution in [-0.2, 0) is 4.79 Å². The van der Waals surface area contributed by atoms with Crippen LogP contribution in [0.3, 0.4) is 0 Å². The largest absolute Gasteiger partial charge is 0.478 e. The maximum Gasteiger partial charge on any atom is 0.335 e. The van der Waals surface area contributed by atoms with Gasteiger partial charge in [-0.1, -0.05) is 0 Å². The van der Waals surface area contributed by atoms with Gasteiger partial charge < -0.3 is 9.84 Å². The van der Waals surface area contributed by atoms with Gasteiger partial charge >= 0.3 is 5.97 Å². The number of rotatable bonds is 3. The Kier molecular flexibility index (Phi) is 3.05. The van der Waals surface area contributed by atoms with Crippen molar-refractivity contribution in [3.63, 3.8) is 0 Å². The van der Waals surface area contributed by atoms with E-state index in [-0.39, 0.29) is 11.3 Å². The van der Waals surface area contributed by atoms with Gasteiger partial charge in [-0.15, -0.1) is 0 Å². The van der Waals surface area contributed by atoms with Gasteiger partial charge in [0, 0.05) is 6.92 Å². The van der Waals surface area contributed by atoms with Crippen LogP contribution in [0.25, 0.3) is 0 Å². The molecule has 0 aliphatic carbocycles. The molecule has 0 fully saturated rings. The minimum Gasteiger partial charge on any atom is -0.478 e. The molecule has 1 rings (SSSR count). The molecule has 72 valence electrons. The van der Waals surface area contributed by atoms with Crippen molar-refractivity contribution < 1.29 is 19.4 Å². The van der Waals surface area contributed by atoms with Gasteiger partial charge in [0.05, 0.1) is 5.56 Å². The lowest BCUT2D eigenvalue weighted by Crippen LogP contribution is -1.96. The minimum atomic E-state index is -1.00. The molecule has 0 amide bonds. The first kappa shape index (κ1) is 10.0. The van der Waals surface area contributed by atoms with Crippen molar-refractivity contribution in [3.05, 3.63) is 35.6 Å². The van der Waals surface area contributed by atoms with Gasteiger partial charge in [0.1, 0.15) is 5.75 Å². The highest BCUT2D eigenvalue weighted by molar-refractivity contribution is 5.87. The first-order valence-corrected chi connectivity index (χ1v) is 3.86. The van der Waals surface area contributed by atoms with Crippen LogP contribution in [0.15, 0.2) is 30.0 Å². The van der Waals surface area contributed by atoms with Crippen molar-refractivity contribution in [1.82, 2.24) is 0 Å². The van der Waals surface area contributed by atoms with Crippen molar-refractivity contribution >= 4 is 11.9 Å². The van der Waals surface area contributed by atoms with E-state index in [1.165, 1.54) is 31.2 Å². The van der Waals surface area contributed by atoms with E-state index in [0.717, 1.165) is 0 Å².